The van der Waals surface area contributed by atoms with Gasteiger partial charge in [-0.05, 0) is 47.9 Å². The maximum Gasteiger partial charge on any atom is 0.277 e. The fourth-order valence-electron chi connectivity index (χ4n) is 2.72. The van der Waals surface area contributed by atoms with Gasteiger partial charge in [0.1, 0.15) is 5.75 Å². The summed E-state index contributed by atoms with van der Waals surface area (Å²) in [7, 11) is 0. The van der Waals surface area contributed by atoms with E-state index in [0.29, 0.717) is 40.5 Å². The Balaban J connectivity index is 1.32. The number of ether oxygens (including phenoxy) is 1. The molecule has 0 radical (unpaired) electrons. The van der Waals surface area contributed by atoms with Crippen LogP contribution < -0.4 is 10.1 Å². The van der Waals surface area contributed by atoms with E-state index < -0.39 is 0 Å². The van der Waals surface area contributed by atoms with Gasteiger partial charge in [-0.1, -0.05) is 35.5 Å². The normalized spacial score (nSPS) is 13.1. The van der Waals surface area contributed by atoms with Crippen molar-refractivity contribution in [1.29, 1.82) is 0 Å². The first-order valence-corrected chi connectivity index (χ1v) is 9.77. The van der Waals surface area contributed by atoms with E-state index >= 15 is 0 Å². The Labute approximate surface area is 165 Å². The Bertz CT molecular complexity index is 976. The van der Waals surface area contributed by atoms with Gasteiger partial charge in [-0.25, -0.2) is 0 Å². The number of nitrogens with zero attached hydrogens (tertiary/aromatic N) is 2. The van der Waals surface area contributed by atoms with Crippen molar-refractivity contribution in [3.05, 3.63) is 64.5 Å². The van der Waals surface area contributed by atoms with Crippen LogP contribution in [0.2, 0.25) is 5.02 Å². The van der Waals surface area contributed by atoms with Crippen LogP contribution in [0, 0.1) is 0 Å². The average molecular weight is 402 g/mol. The number of rotatable bonds is 6. The van der Waals surface area contributed by atoms with Crippen molar-refractivity contribution in [2.45, 2.75) is 30.4 Å². The first-order chi connectivity index (χ1) is 13.2. The number of anilines is 1. The summed E-state index contributed by atoms with van der Waals surface area (Å²) in [4.78, 5) is 11.4. The molecular weight excluding hydrogens is 386 g/mol. The van der Waals surface area contributed by atoms with Crippen molar-refractivity contribution in [3.63, 3.8) is 0 Å². The summed E-state index contributed by atoms with van der Waals surface area (Å²) in [6.07, 6.45) is 1.20. The lowest BCUT2D eigenvalue weighted by Crippen LogP contribution is -2.18. The molecule has 138 valence electrons. The largest absolute Gasteiger partial charge is 0.484 e. The highest BCUT2D eigenvalue weighted by atomic mass is 35.5. The van der Waals surface area contributed by atoms with Crippen LogP contribution in [0.25, 0.3) is 0 Å². The number of halogens is 1. The SMILES string of the molecule is O=C1CCc2cc(OCc3nnc(SCc4cccc(Cl)c4)o3)ccc2N1. The molecule has 1 amide bonds. The molecular formula is C19H16ClN3O3S. The quantitative estimate of drug-likeness (QED) is 0.613. The van der Waals surface area contributed by atoms with Crippen LogP contribution in [0.4, 0.5) is 5.69 Å². The zero-order valence-electron chi connectivity index (χ0n) is 14.3. The van der Waals surface area contributed by atoms with Crippen LogP contribution in [0.15, 0.2) is 52.1 Å². The molecule has 6 nitrogen and oxygen atoms in total. The fraction of sp³-hybridized carbons (Fsp3) is 0.211. The molecule has 8 heteroatoms. The van der Waals surface area contributed by atoms with Gasteiger partial charge in [-0.2, -0.15) is 0 Å². The van der Waals surface area contributed by atoms with E-state index in [1.54, 1.807) is 0 Å². The molecule has 0 bridgehead atoms. The van der Waals surface area contributed by atoms with Crippen LogP contribution in [0.3, 0.4) is 0 Å². The van der Waals surface area contributed by atoms with E-state index in [4.69, 9.17) is 20.8 Å². The van der Waals surface area contributed by atoms with Crippen molar-refractivity contribution in [2.75, 3.05) is 5.32 Å². The van der Waals surface area contributed by atoms with Crippen LogP contribution in [0.1, 0.15) is 23.4 Å². The van der Waals surface area contributed by atoms with E-state index in [1.807, 2.05) is 42.5 Å². The number of carbonyl (C=O) groups is 1. The van der Waals surface area contributed by atoms with Crippen molar-refractivity contribution in [2.24, 2.45) is 0 Å². The molecule has 2 aromatic carbocycles. The lowest BCUT2D eigenvalue weighted by atomic mass is 10.0. The summed E-state index contributed by atoms with van der Waals surface area (Å²) in [5.74, 6) is 1.86. The number of benzene rings is 2. The molecule has 3 aromatic rings. The Morgan fingerprint density at radius 3 is 3.00 bits per heavy atom. The summed E-state index contributed by atoms with van der Waals surface area (Å²) >= 11 is 7.43. The van der Waals surface area contributed by atoms with Crippen molar-refractivity contribution in [3.8, 4) is 5.75 Å². The summed E-state index contributed by atoms with van der Waals surface area (Å²) in [6.45, 7) is 0.190. The lowest BCUT2D eigenvalue weighted by Gasteiger charge is -2.17. The van der Waals surface area contributed by atoms with E-state index in [9.17, 15) is 4.79 Å². The van der Waals surface area contributed by atoms with E-state index in [1.165, 1.54) is 11.8 Å². The number of carbonyl (C=O) groups excluding carboxylic acids is 1. The van der Waals surface area contributed by atoms with Crippen LogP contribution in [-0.2, 0) is 23.6 Å². The van der Waals surface area contributed by atoms with Gasteiger partial charge < -0.3 is 14.5 Å². The predicted octanol–water partition coefficient (Wildman–Crippen LogP) is 4.48. The minimum atomic E-state index is 0.0461. The highest BCUT2D eigenvalue weighted by Gasteiger charge is 2.15. The predicted molar refractivity (Wildman–Crippen MR) is 103 cm³/mol. The topological polar surface area (TPSA) is 77.2 Å². The second-order valence-corrected chi connectivity index (χ2v) is 7.40. The molecule has 1 aromatic heterocycles. The summed E-state index contributed by atoms with van der Waals surface area (Å²) in [5, 5.41) is 12.1. The number of amides is 1. The second-order valence-electron chi connectivity index (χ2n) is 6.04. The molecule has 0 fully saturated rings. The van der Waals surface area contributed by atoms with Crippen molar-refractivity contribution < 1.29 is 13.9 Å². The number of aromatic nitrogens is 2. The molecule has 1 aliphatic rings. The average Bonchev–Trinajstić information content (AvgIpc) is 3.13. The van der Waals surface area contributed by atoms with Crippen LogP contribution in [-0.4, -0.2) is 16.1 Å². The maximum atomic E-state index is 11.4. The zero-order valence-corrected chi connectivity index (χ0v) is 15.8. The van der Waals surface area contributed by atoms with Crippen molar-refractivity contribution >= 4 is 35.0 Å². The van der Waals surface area contributed by atoms with E-state index in [2.05, 4.69) is 15.5 Å². The molecule has 0 saturated carbocycles. The molecule has 0 atom stereocenters. The standard InChI is InChI=1S/C19H16ClN3O3S/c20-14-3-1-2-12(8-14)11-27-19-23-22-18(26-19)10-25-15-5-6-16-13(9-15)4-7-17(24)21-16/h1-3,5-6,8-9H,4,7,10-11H2,(H,21,24). The number of hydrogen-bond donors (Lipinski definition) is 1. The lowest BCUT2D eigenvalue weighted by molar-refractivity contribution is -0.116. The van der Waals surface area contributed by atoms with E-state index in [-0.39, 0.29) is 12.5 Å². The van der Waals surface area contributed by atoms with Crippen molar-refractivity contribution in [1.82, 2.24) is 10.2 Å². The minimum Gasteiger partial charge on any atom is -0.484 e. The maximum absolute atomic E-state index is 11.4. The number of nitrogens with one attached hydrogen (secondary N) is 1. The van der Waals surface area contributed by atoms with Gasteiger partial charge in [-0.15, -0.1) is 10.2 Å². The molecule has 27 heavy (non-hydrogen) atoms. The smallest absolute Gasteiger partial charge is 0.277 e. The third-order valence-corrected chi connectivity index (χ3v) is 5.16. The van der Waals surface area contributed by atoms with Gasteiger partial charge in [0.15, 0.2) is 6.61 Å². The number of hydrogen-bond acceptors (Lipinski definition) is 6. The van der Waals surface area contributed by atoms with Gasteiger partial charge in [0.25, 0.3) is 11.1 Å². The molecule has 0 saturated heterocycles. The Kier molecular flexibility index (Phi) is 5.31. The van der Waals surface area contributed by atoms with Gasteiger partial charge in [-0.3, -0.25) is 4.79 Å². The van der Waals surface area contributed by atoms with Gasteiger partial charge in [0, 0.05) is 22.9 Å². The zero-order chi connectivity index (χ0) is 18.6. The molecule has 1 aliphatic heterocycles. The molecule has 2 heterocycles. The third kappa shape index (κ3) is 4.61. The molecule has 0 spiro atoms. The van der Waals surface area contributed by atoms with Gasteiger partial charge in [0.2, 0.25) is 5.91 Å². The summed E-state index contributed by atoms with van der Waals surface area (Å²) in [5.41, 5.74) is 3.00. The Morgan fingerprint density at radius 1 is 1.19 bits per heavy atom. The first-order valence-electron chi connectivity index (χ1n) is 8.41. The number of thioether (sulfide) groups is 1. The van der Waals surface area contributed by atoms with Crippen LogP contribution in [0.5, 0.6) is 5.75 Å². The Hall–Kier alpha value is -2.51. The van der Waals surface area contributed by atoms with Gasteiger partial charge in [0.05, 0.1) is 0 Å². The second kappa shape index (κ2) is 8.02. The number of fused-ring (bicyclic) bond motifs is 1. The van der Waals surface area contributed by atoms with Gasteiger partial charge >= 0.3 is 0 Å². The summed E-state index contributed by atoms with van der Waals surface area (Å²) < 4.78 is 11.4. The molecule has 0 unspecified atom stereocenters. The monoisotopic (exact) mass is 401 g/mol. The highest BCUT2D eigenvalue weighted by Crippen LogP contribution is 2.28. The molecule has 4 rings (SSSR count). The third-order valence-electron chi connectivity index (χ3n) is 4.03. The number of aryl methyl sites for hydroxylation is 1. The molecule has 0 aliphatic carbocycles. The molecule has 1 N–H and O–H groups in total. The first kappa shape index (κ1) is 17.9. The van der Waals surface area contributed by atoms with Crippen LogP contribution >= 0.6 is 23.4 Å². The fourth-order valence-corrected chi connectivity index (χ4v) is 3.66. The Morgan fingerprint density at radius 2 is 2.11 bits per heavy atom. The highest BCUT2D eigenvalue weighted by molar-refractivity contribution is 7.98. The van der Waals surface area contributed by atoms with E-state index in [0.717, 1.165) is 16.8 Å². The minimum absolute atomic E-state index is 0.0461. The summed E-state index contributed by atoms with van der Waals surface area (Å²) in [6, 6.07) is 13.3.